The van der Waals surface area contributed by atoms with E-state index in [2.05, 4.69) is 4.98 Å². The molecule has 1 amide bonds. The molecule has 11 heteroatoms. The minimum atomic E-state index is -3.77. The second-order valence-electron chi connectivity index (χ2n) is 8.57. The number of hydrogen-bond donors (Lipinski definition) is 0. The molecule has 5 rings (SSSR count). The van der Waals surface area contributed by atoms with E-state index >= 15 is 0 Å². The van der Waals surface area contributed by atoms with E-state index in [1.807, 2.05) is 19.1 Å². The summed E-state index contributed by atoms with van der Waals surface area (Å²) >= 11 is 0. The third kappa shape index (κ3) is 4.24. The van der Waals surface area contributed by atoms with Crippen molar-refractivity contribution >= 4 is 43.4 Å². The van der Waals surface area contributed by atoms with Gasteiger partial charge in [0.1, 0.15) is 11.4 Å². The van der Waals surface area contributed by atoms with Gasteiger partial charge in [0.2, 0.25) is 15.9 Å². The molecule has 0 aliphatic carbocycles. The molecule has 180 valence electrons. The van der Waals surface area contributed by atoms with Crippen molar-refractivity contribution in [3.63, 3.8) is 0 Å². The van der Waals surface area contributed by atoms with E-state index in [1.165, 1.54) is 16.4 Å². The lowest BCUT2D eigenvalue weighted by atomic mass is 10.2. The van der Waals surface area contributed by atoms with Crippen molar-refractivity contribution in [2.45, 2.75) is 18.4 Å². The summed E-state index contributed by atoms with van der Waals surface area (Å²) in [4.78, 5) is 29.6. The van der Waals surface area contributed by atoms with Crippen LogP contribution < -0.4 is 0 Å². The van der Waals surface area contributed by atoms with Gasteiger partial charge in [-0.15, -0.1) is 0 Å². The van der Waals surface area contributed by atoms with Gasteiger partial charge in [0.05, 0.1) is 10.4 Å². The second kappa shape index (κ2) is 8.75. The molecule has 0 N–H and O–H groups in total. The number of aryl methyl sites for hydroxylation is 1. The third-order valence-electron chi connectivity index (χ3n) is 6.29. The SMILES string of the molecule is Cc1cnc2c(S(=O)(=O)N3CCN(C(=O)Cn4ccc5cc([N+](=O)[O-])ccc54)CC3)cccc2c1. The van der Waals surface area contributed by atoms with Crippen LogP contribution in [0.25, 0.3) is 21.8 Å². The number of para-hydroxylation sites is 1. The van der Waals surface area contributed by atoms with E-state index in [1.54, 1.807) is 46.1 Å². The first-order valence-electron chi connectivity index (χ1n) is 11.1. The number of hydrogen-bond acceptors (Lipinski definition) is 6. The number of aromatic nitrogens is 2. The van der Waals surface area contributed by atoms with Crippen molar-refractivity contribution in [2.75, 3.05) is 26.2 Å². The molecule has 2 aromatic carbocycles. The number of non-ortho nitro benzene ring substituents is 1. The van der Waals surface area contributed by atoms with Crippen molar-refractivity contribution in [1.29, 1.82) is 0 Å². The molecule has 0 bridgehead atoms. The molecule has 1 aliphatic heterocycles. The zero-order valence-corrected chi connectivity index (χ0v) is 19.8. The van der Waals surface area contributed by atoms with Gasteiger partial charge in [-0.05, 0) is 36.8 Å². The fraction of sp³-hybridized carbons (Fsp3) is 0.250. The van der Waals surface area contributed by atoms with E-state index < -0.39 is 14.9 Å². The highest BCUT2D eigenvalue weighted by atomic mass is 32.2. The Morgan fingerprint density at radius 2 is 1.83 bits per heavy atom. The molecule has 0 atom stereocenters. The van der Waals surface area contributed by atoms with Crippen LogP contribution in [0.3, 0.4) is 0 Å². The van der Waals surface area contributed by atoms with Gasteiger partial charge < -0.3 is 9.47 Å². The number of sulfonamides is 1. The molecule has 3 heterocycles. The predicted molar refractivity (Wildman–Crippen MR) is 130 cm³/mol. The number of amides is 1. The molecule has 0 radical (unpaired) electrons. The van der Waals surface area contributed by atoms with Crippen LogP contribution in [0.2, 0.25) is 0 Å². The minimum absolute atomic E-state index is 0.00423. The lowest BCUT2D eigenvalue weighted by molar-refractivity contribution is -0.384. The Hall–Kier alpha value is -3.83. The lowest BCUT2D eigenvalue weighted by Gasteiger charge is -2.34. The van der Waals surface area contributed by atoms with Crippen LogP contribution in [0, 0.1) is 17.0 Å². The first kappa shape index (κ1) is 22.9. The van der Waals surface area contributed by atoms with Gasteiger partial charge in [-0.25, -0.2) is 8.42 Å². The smallest absolute Gasteiger partial charge is 0.270 e. The molecule has 2 aromatic heterocycles. The highest BCUT2D eigenvalue weighted by Gasteiger charge is 2.31. The highest BCUT2D eigenvalue weighted by molar-refractivity contribution is 7.89. The van der Waals surface area contributed by atoms with Gasteiger partial charge in [0.25, 0.3) is 5.69 Å². The summed E-state index contributed by atoms with van der Waals surface area (Å²) in [7, 11) is -3.77. The summed E-state index contributed by atoms with van der Waals surface area (Å²) in [5.74, 6) is -0.139. The minimum Gasteiger partial charge on any atom is -0.339 e. The lowest BCUT2D eigenvalue weighted by Crippen LogP contribution is -2.51. The predicted octanol–water partition coefficient (Wildman–Crippen LogP) is 2.94. The van der Waals surface area contributed by atoms with Crippen LogP contribution in [-0.2, 0) is 21.4 Å². The first-order chi connectivity index (χ1) is 16.7. The van der Waals surface area contributed by atoms with Crippen LogP contribution >= 0.6 is 0 Å². The Labute approximate surface area is 201 Å². The maximum Gasteiger partial charge on any atom is 0.270 e. The molecular weight excluding hydrogens is 470 g/mol. The van der Waals surface area contributed by atoms with Crippen molar-refractivity contribution in [3.05, 3.63) is 76.6 Å². The van der Waals surface area contributed by atoms with Crippen molar-refractivity contribution in [2.24, 2.45) is 0 Å². The fourth-order valence-corrected chi connectivity index (χ4v) is 6.04. The number of nitrogens with zero attached hydrogens (tertiary/aromatic N) is 5. The number of nitro groups is 1. The average molecular weight is 494 g/mol. The largest absolute Gasteiger partial charge is 0.339 e. The number of benzene rings is 2. The molecule has 1 aliphatic rings. The molecule has 0 spiro atoms. The van der Waals surface area contributed by atoms with Gasteiger partial charge in [0, 0.05) is 67.0 Å². The number of carbonyl (C=O) groups is 1. The zero-order valence-electron chi connectivity index (χ0n) is 19.0. The number of nitro benzene ring substituents is 1. The summed E-state index contributed by atoms with van der Waals surface area (Å²) < 4.78 is 29.9. The number of piperazine rings is 1. The third-order valence-corrected chi connectivity index (χ3v) is 8.22. The van der Waals surface area contributed by atoms with Crippen LogP contribution in [0.5, 0.6) is 0 Å². The Bertz CT molecular complexity index is 1570. The molecular formula is C24H23N5O5S. The monoisotopic (exact) mass is 493 g/mol. The molecule has 0 unspecified atom stereocenters. The fourth-order valence-electron chi connectivity index (χ4n) is 4.45. The normalized spacial score (nSPS) is 15.1. The second-order valence-corrected chi connectivity index (χ2v) is 10.5. The van der Waals surface area contributed by atoms with Gasteiger partial charge in [0.15, 0.2) is 0 Å². The maximum atomic E-state index is 13.4. The highest BCUT2D eigenvalue weighted by Crippen LogP contribution is 2.26. The standard InChI is InChI=1S/C24H23N5O5S/c1-17-13-19-3-2-4-22(24(19)25-15-17)35(33,34)28-11-9-26(10-12-28)23(30)16-27-8-7-18-14-20(29(31)32)5-6-21(18)27/h2-8,13-15H,9-12,16H2,1H3. The van der Waals surface area contributed by atoms with E-state index in [0.29, 0.717) is 10.9 Å². The molecule has 4 aromatic rings. The molecule has 1 fully saturated rings. The van der Waals surface area contributed by atoms with Crippen molar-refractivity contribution in [1.82, 2.24) is 18.8 Å². The zero-order chi connectivity index (χ0) is 24.7. The topological polar surface area (TPSA) is 119 Å². The van der Waals surface area contributed by atoms with Crippen LogP contribution in [0.4, 0.5) is 5.69 Å². The Morgan fingerprint density at radius 3 is 2.57 bits per heavy atom. The quantitative estimate of drug-likeness (QED) is 0.312. The van der Waals surface area contributed by atoms with Gasteiger partial charge in [-0.1, -0.05) is 12.1 Å². The average Bonchev–Trinajstić information content (AvgIpc) is 3.25. The Kier molecular flexibility index (Phi) is 5.73. The first-order valence-corrected chi connectivity index (χ1v) is 12.5. The van der Waals surface area contributed by atoms with Gasteiger partial charge in [-0.2, -0.15) is 4.31 Å². The maximum absolute atomic E-state index is 13.4. The van der Waals surface area contributed by atoms with Crippen molar-refractivity contribution in [3.8, 4) is 0 Å². The van der Waals surface area contributed by atoms with Crippen LogP contribution in [-0.4, -0.2) is 64.2 Å². The molecule has 35 heavy (non-hydrogen) atoms. The van der Waals surface area contributed by atoms with Gasteiger partial charge in [-0.3, -0.25) is 19.9 Å². The van der Waals surface area contributed by atoms with Crippen molar-refractivity contribution < 1.29 is 18.1 Å². The van der Waals surface area contributed by atoms with Gasteiger partial charge >= 0.3 is 0 Å². The molecule has 1 saturated heterocycles. The molecule has 10 nitrogen and oxygen atoms in total. The van der Waals surface area contributed by atoms with E-state index in [9.17, 15) is 23.3 Å². The van der Waals surface area contributed by atoms with Crippen LogP contribution in [0.1, 0.15) is 5.56 Å². The van der Waals surface area contributed by atoms with E-state index in [4.69, 9.17) is 0 Å². The number of rotatable bonds is 5. The number of pyridine rings is 1. The summed E-state index contributed by atoms with van der Waals surface area (Å²) in [5, 5.41) is 12.4. The number of carbonyl (C=O) groups excluding carboxylic acids is 1. The van der Waals surface area contributed by atoms with Crippen LogP contribution in [0.15, 0.2) is 65.8 Å². The van der Waals surface area contributed by atoms with E-state index in [0.717, 1.165) is 16.5 Å². The molecule has 0 saturated carbocycles. The Morgan fingerprint density at radius 1 is 1.06 bits per heavy atom. The Balaban J connectivity index is 1.29. The summed E-state index contributed by atoms with van der Waals surface area (Å²) in [6, 6.07) is 13.3. The summed E-state index contributed by atoms with van der Waals surface area (Å²) in [6.07, 6.45) is 3.38. The van der Waals surface area contributed by atoms with E-state index in [-0.39, 0.29) is 49.2 Å². The summed E-state index contributed by atoms with van der Waals surface area (Å²) in [6.45, 7) is 2.91. The number of fused-ring (bicyclic) bond motifs is 2. The summed E-state index contributed by atoms with van der Waals surface area (Å²) in [5.41, 5.74) is 2.11.